The van der Waals surface area contributed by atoms with Crippen LogP contribution in [0.25, 0.3) is 0 Å². The van der Waals surface area contributed by atoms with E-state index in [0.29, 0.717) is 17.7 Å². The lowest BCUT2D eigenvalue weighted by Gasteiger charge is -2.18. The predicted molar refractivity (Wildman–Crippen MR) is 96.2 cm³/mol. The monoisotopic (exact) mass is 342 g/mol. The highest BCUT2D eigenvalue weighted by Crippen LogP contribution is 2.19. The summed E-state index contributed by atoms with van der Waals surface area (Å²) in [5, 5.41) is 13.1. The van der Waals surface area contributed by atoms with E-state index in [9.17, 15) is 9.90 Å². The summed E-state index contributed by atoms with van der Waals surface area (Å²) < 4.78 is 5.20. The third kappa shape index (κ3) is 4.94. The number of carbonyl (C=O) groups excluding carboxylic acids is 1. The Bertz CT molecular complexity index is 678. The summed E-state index contributed by atoms with van der Waals surface area (Å²) in [6.07, 6.45) is 3.75. The van der Waals surface area contributed by atoms with Crippen molar-refractivity contribution >= 4 is 5.91 Å². The maximum absolute atomic E-state index is 12.5. The van der Waals surface area contributed by atoms with Crippen molar-refractivity contribution in [3.8, 4) is 0 Å². The number of nitrogens with zero attached hydrogens (tertiary/aromatic N) is 1. The number of aliphatic hydroxyl groups is 1. The first-order valence-corrected chi connectivity index (χ1v) is 8.95. The molecule has 2 aromatic rings. The van der Waals surface area contributed by atoms with Crippen LogP contribution in [0.2, 0.25) is 0 Å². The molecule has 1 saturated heterocycles. The highest BCUT2D eigenvalue weighted by molar-refractivity contribution is 5.94. The Morgan fingerprint density at radius 2 is 2.08 bits per heavy atom. The van der Waals surface area contributed by atoms with Gasteiger partial charge in [0.05, 0.1) is 6.26 Å². The van der Waals surface area contributed by atoms with Crippen molar-refractivity contribution < 1.29 is 14.3 Å². The van der Waals surface area contributed by atoms with Gasteiger partial charge in [-0.05, 0) is 62.7 Å². The van der Waals surface area contributed by atoms with Gasteiger partial charge in [0, 0.05) is 24.6 Å². The molecule has 0 bridgehead atoms. The number of nitrogens with one attached hydrogen (secondary N) is 1. The molecule has 2 atom stereocenters. The van der Waals surface area contributed by atoms with Crippen molar-refractivity contribution in [2.24, 2.45) is 0 Å². The quantitative estimate of drug-likeness (QED) is 0.811. The van der Waals surface area contributed by atoms with E-state index >= 15 is 0 Å². The van der Waals surface area contributed by atoms with Crippen LogP contribution in [-0.4, -0.2) is 35.0 Å². The van der Waals surface area contributed by atoms with Gasteiger partial charge in [0.15, 0.2) is 0 Å². The minimum atomic E-state index is -0.716. The Morgan fingerprint density at radius 3 is 2.80 bits per heavy atom. The van der Waals surface area contributed by atoms with E-state index in [1.807, 2.05) is 25.1 Å². The normalized spacial score (nSPS) is 17.4. The first-order valence-electron chi connectivity index (χ1n) is 8.95. The second-order valence-corrected chi connectivity index (χ2v) is 6.83. The SMILES string of the molecule is CC(CC(O)c1ccco1)NC(=O)c1cccc(CN2CCCC2)c1. The molecule has 2 heterocycles. The van der Waals surface area contributed by atoms with Gasteiger partial charge in [-0.15, -0.1) is 0 Å². The Hall–Kier alpha value is -2.11. The molecule has 1 fully saturated rings. The third-order valence-corrected chi connectivity index (χ3v) is 4.62. The predicted octanol–water partition coefficient (Wildman–Crippen LogP) is 3.12. The smallest absolute Gasteiger partial charge is 0.251 e. The van der Waals surface area contributed by atoms with Crippen LogP contribution in [0.4, 0.5) is 0 Å². The number of likely N-dealkylation sites (tertiary alicyclic amines) is 1. The van der Waals surface area contributed by atoms with Crippen LogP contribution in [-0.2, 0) is 6.54 Å². The number of benzene rings is 1. The van der Waals surface area contributed by atoms with Crippen molar-refractivity contribution in [1.29, 1.82) is 0 Å². The Morgan fingerprint density at radius 1 is 1.28 bits per heavy atom. The largest absolute Gasteiger partial charge is 0.467 e. The van der Waals surface area contributed by atoms with Crippen LogP contribution in [0.3, 0.4) is 0 Å². The van der Waals surface area contributed by atoms with Crippen LogP contribution in [0.5, 0.6) is 0 Å². The van der Waals surface area contributed by atoms with Crippen molar-refractivity contribution in [2.45, 2.75) is 44.9 Å². The standard InChI is InChI=1S/C20H26N2O3/c1-15(12-18(23)19-8-5-11-25-19)21-20(24)17-7-4-6-16(13-17)14-22-9-2-3-10-22/h4-8,11,13,15,18,23H,2-3,9-10,12,14H2,1H3,(H,21,24). The lowest BCUT2D eigenvalue weighted by atomic mass is 10.1. The van der Waals surface area contributed by atoms with Gasteiger partial charge in [-0.1, -0.05) is 12.1 Å². The number of amides is 1. The highest BCUT2D eigenvalue weighted by atomic mass is 16.4. The van der Waals surface area contributed by atoms with Crippen LogP contribution in [0.15, 0.2) is 47.1 Å². The number of furan rings is 1. The van der Waals surface area contributed by atoms with Gasteiger partial charge in [-0.25, -0.2) is 0 Å². The van der Waals surface area contributed by atoms with E-state index in [4.69, 9.17) is 4.42 Å². The average Bonchev–Trinajstić information content (AvgIpc) is 3.28. The molecule has 2 N–H and O–H groups in total. The van der Waals surface area contributed by atoms with Crippen molar-refractivity contribution in [2.75, 3.05) is 13.1 Å². The summed E-state index contributed by atoms with van der Waals surface area (Å²) in [5.74, 6) is 0.413. The molecule has 1 aromatic carbocycles. The van der Waals surface area contributed by atoms with Crippen LogP contribution >= 0.6 is 0 Å². The average molecular weight is 342 g/mol. The molecule has 1 aliphatic heterocycles. The van der Waals surface area contributed by atoms with Crippen molar-refractivity contribution in [3.05, 3.63) is 59.5 Å². The number of hydrogen-bond acceptors (Lipinski definition) is 4. The molecule has 1 aliphatic rings. The van der Waals surface area contributed by atoms with Crippen LogP contribution in [0.1, 0.15) is 54.0 Å². The van der Waals surface area contributed by atoms with Crippen molar-refractivity contribution in [3.63, 3.8) is 0 Å². The lowest BCUT2D eigenvalue weighted by molar-refractivity contribution is 0.0903. The minimum Gasteiger partial charge on any atom is -0.467 e. The molecule has 1 amide bonds. The first kappa shape index (κ1) is 17.7. The molecule has 25 heavy (non-hydrogen) atoms. The fraction of sp³-hybridized carbons (Fsp3) is 0.450. The number of carbonyl (C=O) groups is 1. The molecular weight excluding hydrogens is 316 g/mol. The molecular formula is C20H26N2O3. The van der Waals surface area contributed by atoms with Gasteiger partial charge in [-0.3, -0.25) is 9.69 Å². The summed E-state index contributed by atoms with van der Waals surface area (Å²) >= 11 is 0. The van der Waals surface area contributed by atoms with E-state index in [1.165, 1.54) is 19.1 Å². The molecule has 0 aliphatic carbocycles. The second-order valence-electron chi connectivity index (χ2n) is 6.83. The molecule has 1 aromatic heterocycles. The van der Waals surface area contributed by atoms with Crippen molar-refractivity contribution in [1.82, 2.24) is 10.2 Å². The number of rotatable bonds is 7. The maximum Gasteiger partial charge on any atom is 0.251 e. The van der Waals surface area contributed by atoms with E-state index < -0.39 is 6.10 Å². The molecule has 5 heteroatoms. The summed E-state index contributed by atoms with van der Waals surface area (Å²) in [5.41, 5.74) is 1.83. The third-order valence-electron chi connectivity index (χ3n) is 4.62. The lowest BCUT2D eigenvalue weighted by Crippen LogP contribution is -2.33. The molecule has 3 rings (SSSR count). The zero-order valence-corrected chi connectivity index (χ0v) is 14.6. The van der Waals surface area contributed by atoms with Gasteiger partial charge in [-0.2, -0.15) is 0 Å². The van der Waals surface area contributed by atoms with Gasteiger partial charge in [0.2, 0.25) is 0 Å². The Kier molecular flexibility index (Phi) is 5.89. The second kappa shape index (κ2) is 8.32. The van der Waals surface area contributed by atoms with Crippen LogP contribution in [0, 0.1) is 0 Å². The Balaban J connectivity index is 1.55. The molecule has 0 saturated carbocycles. The van der Waals surface area contributed by atoms with Crippen LogP contribution < -0.4 is 5.32 Å². The Labute approximate surface area is 148 Å². The highest BCUT2D eigenvalue weighted by Gasteiger charge is 2.18. The fourth-order valence-electron chi connectivity index (χ4n) is 3.31. The summed E-state index contributed by atoms with van der Waals surface area (Å²) in [7, 11) is 0. The van der Waals surface area contributed by atoms with Gasteiger partial charge >= 0.3 is 0 Å². The van der Waals surface area contributed by atoms with Gasteiger partial charge in [0.25, 0.3) is 5.91 Å². The molecule has 5 nitrogen and oxygen atoms in total. The zero-order chi connectivity index (χ0) is 17.6. The van der Waals surface area contributed by atoms with E-state index in [1.54, 1.807) is 12.1 Å². The first-order chi connectivity index (χ1) is 12.1. The molecule has 0 spiro atoms. The number of aliphatic hydroxyl groups excluding tert-OH is 1. The van der Waals surface area contributed by atoms with E-state index in [2.05, 4.69) is 16.3 Å². The van der Waals surface area contributed by atoms with E-state index in [-0.39, 0.29) is 11.9 Å². The summed E-state index contributed by atoms with van der Waals surface area (Å²) in [6.45, 7) is 5.06. The number of hydrogen-bond donors (Lipinski definition) is 2. The van der Waals surface area contributed by atoms with E-state index in [0.717, 1.165) is 25.2 Å². The fourth-order valence-corrected chi connectivity index (χ4v) is 3.31. The molecule has 134 valence electrons. The minimum absolute atomic E-state index is 0.109. The molecule has 2 unspecified atom stereocenters. The summed E-state index contributed by atoms with van der Waals surface area (Å²) in [6, 6.07) is 11.1. The van der Waals surface area contributed by atoms with Gasteiger partial charge in [0.1, 0.15) is 11.9 Å². The van der Waals surface area contributed by atoms with Gasteiger partial charge < -0.3 is 14.8 Å². The zero-order valence-electron chi connectivity index (χ0n) is 14.6. The molecule has 0 radical (unpaired) electrons. The maximum atomic E-state index is 12.5. The topological polar surface area (TPSA) is 65.7 Å². The summed E-state index contributed by atoms with van der Waals surface area (Å²) in [4.78, 5) is 14.9.